The maximum absolute atomic E-state index is 5.77. The summed E-state index contributed by atoms with van der Waals surface area (Å²) in [5.74, 6) is 1.77. The second-order valence-corrected chi connectivity index (χ2v) is 6.39. The lowest BCUT2D eigenvalue weighted by molar-refractivity contribution is -0.369. The van der Waals surface area contributed by atoms with Gasteiger partial charge in [0.2, 0.25) is 0 Å². The topological polar surface area (TPSA) is 36.9 Å². The molecule has 0 radical (unpaired) electrons. The molecule has 0 unspecified atom stereocenters. The smallest absolute Gasteiger partial charge is 0.138 e. The third-order valence-corrected chi connectivity index (χ3v) is 6.05. The van der Waals surface area contributed by atoms with Crippen LogP contribution in [0.5, 0.6) is 5.75 Å². The van der Waals surface area contributed by atoms with E-state index < -0.39 is 0 Å². The molecular formula is C13H16Br2NO+. The van der Waals surface area contributed by atoms with E-state index in [2.05, 4.69) is 37.6 Å². The van der Waals surface area contributed by atoms with Gasteiger partial charge in [-0.05, 0) is 61.7 Å². The van der Waals surface area contributed by atoms with E-state index in [9.17, 15) is 0 Å². The number of ether oxygens (including phenoxy) is 1. The fourth-order valence-corrected chi connectivity index (χ4v) is 4.36. The molecular weight excluding hydrogens is 346 g/mol. The maximum atomic E-state index is 5.77. The van der Waals surface area contributed by atoms with E-state index in [0.29, 0.717) is 5.92 Å². The van der Waals surface area contributed by atoms with Crippen molar-refractivity contribution in [2.45, 2.75) is 31.6 Å². The van der Waals surface area contributed by atoms with Gasteiger partial charge in [0.15, 0.2) is 0 Å². The zero-order valence-corrected chi connectivity index (χ0v) is 12.9. The number of hydrogen-bond donors (Lipinski definition) is 1. The molecule has 0 bridgehead atoms. The predicted molar refractivity (Wildman–Crippen MR) is 74.5 cm³/mol. The molecule has 0 saturated heterocycles. The van der Waals surface area contributed by atoms with E-state index in [1.54, 1.807) is 5.56 Å². The number of rotatable bonds is 2. The van der Waals surface area contributed by atoms with Gasteiger partial charge in [-0.15, -0.1) is 0 Å². The summed E-state index contributed by atoms with van der Waals surface area (Å²) >= 11 is 7.38. The quantitative estimate of drug-likeness (QED) is 0.863. The molecule has 92 valence electrons. The van der Waals surface area contributed by atoms with Gasteiger partial charge in [-0.25, -0.2) is 0 Å². The van der Waals surface area contributed by atoms with E-state index >= 15 is 0 Å². The highest BCUT2D eigenvalue weighted by Gasteiger charge is 2.33. The first-order chi connectivity index (χ1) is 8.24. The lowest BCUT2D eigenvalue weighted by Crippen LogP contribution is -2.50. The molecule has 1 aliphatic carbocycles. The van der Waals surface area contributed by atoms with Crippen molar-refractivity contribution in [3.8, 4) is 5.75 Å². The summed E-state index contributed by atoms with van der Waals surface area (Å²) in [6.07, 6.45) is 4.73. The lowest BCUT2D eigenvalue weighted by Gasteiger charge is -2.16. The van der Waals surface area contributed by atoms with Crippen LogP contribution in [0.2, 0.25) is 0 Å². The summed E-state index contributed by atoms with van der Waals surface area (Å²) in [4.78, 5) is 0. The zero-order chi connectivity index (χ0) is 12.0. The second kappa shape index (κ2) is 4.56. The molecule has 2 nitrogen and oxygen atoms in total. The van der Waals surface area contributed by atoms with Crippen LogP contribution in [0.3, 0.4) is 0 Å². The van der Waals surface area contributed by atoms with Crippen molar-refractivity contribution < 1.29 is 10.5 Å². The van der Waals surface area contributed by atoms with Crippen molar-refractivity contribution >= 4 is 31.9 Å². The van der Waals surface area contributed by atoms with Crippen LogP contribution in [-0.2, 0) is 12.8 Å². The van der Waals surface area contributed by atoms with Crippen LogP contribution in [-0.4, -0.2) is 13.2 Å². The third-order valence-electron chi connectivity index (χ3n) is 3.88. The lowest BCUT2D eigenvalue weighted by atomic mass is 9.92. The van der Waals surface area contributed by atoms with E-state index in [4.69, 9.17) is 4.74 Å². The predicted octanol–water partition coefficient (Wildman–Crippen LogP) is 2.81. The summed E-state index contributed by atoms with van der Waals surface area (Å²) in [5.41, 5.74) is 8.52. The van der Waals surface area contributed by atoms with Gasteiger partial charge in [0.25, 0.3) is 0 Å². The first kappa shape index (κ1) is 12.0. The molecule has 0 amide bonds. The SMILES string of the molecule is [NH3+]CC[C@@H]1CCc2c(Br)c(Br)c3c(c21)CCO3. The standard InChI is InChI=1S/C13H15Br2NO/c14-11-8-2-1-7(3-5-16)10(8)9-4-6-17-13(9)12(11)15/h7H,1-6,16H2/p+1/t7-/m0/s1. The fraction of sp³-hybridized carbons (Fsp3) is 0.538. The van der Waals surface area contributed by atoms with Crippen molar-refractivity contribution in [3.05, 3.63) is 25.6 Å². The van der Waals surface area contributed by atoms with Crippen LogP contribution in [0.25, 0.3) is 0 Å². The van der Waals surface area contributed by atoms with Crippen LogP contribution in [0.15, 0.2) is 8.95 Å². The van der Waals surface area contributed by atoms with Crippen LogP contribution >= 0.6 is 31.9 Å². The summed E-state index contributed by atoms with van der Waals surface area (Å²) in [6.45, 7) is 1.85. The van der Waals surface area contributed by atoms with Gasteiger partial charge >= 0.3 is 0 Å². The molecule has 0 fully saturated rings. The molecule has 0 saturated carbocycles. The van der Waals surface area contributed by atoms with E-state index in [-0.39, 0.29) is 0 Å². The molecule has 2 aliphatic rings. The summed E-state index contributed by atoms with van der Waals surface area (Å²) in [6, 6.07) is 0. The average molecular weight is 362 g/mol. The number of fused-ring (bicyclic) bond motifs is 3. The number of benzene rings is 1. The van der Waals surface area contributed by atoms with Crippen molar-refractivity contribution in [1.29, 1.82) is 0 Å². The van der Waals surface area contributed by atoms with Gasteiger partial charge in [-0.3, -0.25) is 0 Å². The van der Waals surface area contributed by atoms with Crippen molar-refractivity contribution in [2.75, 3.05) is 13.2 Å². The Morgan fingerprint density at radius 1 is 1.18 bits per heavy atom. The fourth-order valence-electron chi connectivity index (χ4n) is 3.18. The second-order valence-electron chi connectivity index (χ2n) is 4.80. The molecule has 0 aromatic heterocycles. The van der Waals surface area contributed by atoms with Crippen LogP contribution in [0, 0.1) is 0 Å². The van der Waals surface area contributed by atoms with Crippen LogP contribution in [0.4, 0.5) is 0 Å². The Bertz CT molecular complexity index is 473. The number of halogens is 2. The largest absolute Gasteiger partial charge is 0.492 e. The molecule has 3 rings (SSSR count). The number of hydrogen-bond acceptors (Lipinski definition) is 1. The Kier molecular flexibility index (Phi) is 3.22. The van der Waals surface area contributed by atoms with Gasteiger partial charge in [0.05, 0.1) is 17.6 Å². The first-order valence-corrected chi connectivity index (χ1v) is 7.77. The minimum atomic E-state index is 0.697. The highest BCUT2D eigenvalue weighted by Crippen LogP contribution is 2.50. The summed E-state index contributed by atoms with van der Waals surface area (Å²) < 4.78 is 8.09. The minimum absolute atomic E-state index is 0.697. The molecule has 3 N–H and O–H groups in total. The molecule has 4 heteroatoms. The maximum Gasteiger partial charge on any atom is 0.138 e. The van der Waals surface area contributed by atoms with Gasteiger partial charge in [-0.2, -0.15) is 0 Å². The Labute approximate surface area is 118 Å². The minimum Gasteiger partial charge on any atom is -0.492 e. The molecule has 1 heterocycles. The van der Waals surface area contributed by atoms with Gasteiger partial charge < -0.3 is 10.5 Å². The Morgan fingerprint density at radius 3 is 2.76 bits per heavy atom. The molecule has 1 aromatic carbocycles. The highest BCUT2D eigenvalue weighted by atomic mass is 79.9. The summed E-state index contributed by atoms with van der Waals surface area (Å²) in [7, 11) is 0. The first-order valence-electron chi connectivity index (χ1n) is 6.18. The molecule has 0 spiro atoms. The molecule has 17 heavy (non-hydrogen) atoms. The van der Waals surface area contributed by atoms with Gasteiger partial charge in [-0.1, -0.05) is 0 Å². The van der Waals surface area contributed by atoms with Gasteiger partial charge in [0, 0.05) is 22.9 Å². The monoisotopic (exact) mass is 360 g/mol. The highest BCUT2D eigenvalue weighted by molar-refractivity contribution is 9.13. The molecule has 1 atom stereocenters. The van der Waals surface area contributed by atoms with Crippen molar-refractivity contribution in [2.24, 2.45) is 0 Å². The van der Waals surface area contributed by atoms with E-state index in [1.807, 2.05) is 0 Å². The van der Waals surface area contributed by atoms with Crippen molar-refractivity contribution in [1.82, 2.24) is 0 Å². The third kappa shape index (κ3) is 1.76. The number of quaternary nitrogens is 1. The van der Waals surface area contributed by atoms with Crippen molar-refractivity contribution in [3.63, 3.8) is 0 Å². The Hall–Kier alpha value is -0.0600. The van der Waals surface area contributed by atoms with Crippen LogP contribution in [0.1, 0.15) is 35.4 Å². The zero-order valence-electron chi connectivity index (χ0n) is 9.69. The Balaban J connectivity index is 2.18. The van der Waals surface area contributed by atoms with Gasteiger partial charge in [0.1, 0.15) is 5.75 Å². The van der Waals surface area contributed by atoms with E-state index in [1.165, 1.54) is 34.9 Å². The average Bonchev–Trinajstić information content (AvgIpc) is 2.92. The Morgan fingerprint density at radius 2 is 2.00 bits per heavy atom. The molecule has 1 aromatic rings. The van der Waals surface area contributed by atoms with E-state index in [0.717, 1.165) is 29.8 Å². The van der Waals surface area contributed by atoms with Crippen LogP contribution < -0.4 is 10.5 Å². The molecule has 1 aliphatic heterocycles. The summed E-state index contributed by atoms with van der Waals surface area (Å²) in [5, 5.41) is 0. The normalized spacial score (nSPS) is 21.2.